The van der Waals surface area contributed by atoms with Gasteiger partial charge in [-0.2, -0.15) is 0 Å². The summed E-state index contributed by atoms with van der Waals surface area (Å²) in [5.41, 5.74) is 9.07. The summed E-state index contributed by atoms with van der Waals surface area (Å²) in [4.78, 5) is 17.1. The van der Waals surface area contributed by atoms with Gasteiger partial charge in [0, 0.05) is 38.1 Å². The lowest BCUT2D eigenvalue weighted by atomic mass is 9.90. The summed E-state index contributed by atoms with van der Waals surface area (Å²) in [7, 11) is 0. The van der Waals surface area contributed by atoms with Gasteiger partial charge in [-0.3, -0.25) is 9.69 Å². The number of halogens is 1. The van der Waals surface area contributed by atoms with Gasteiger partial charge in [0.1, 0.15) is 0 Å². The highest BCUT2D eigenvalue weighted by molar-refractivity contribution is 5.85. The number of likely N-dealkylation sites (tertiary alicyclic amines) is 2. The molecule has 0 spiro atoms. The van der Waals surface area contributed by atoms with E-state index in [1.165, 1.54) is 11.1 Å². The summed E-state index contributed by atoms with van der Waals surface area (Å²) in [6.45, 7) is 3.95. The van der Waals surface area contributed by atoms with Gasteiger partial charge in [0.15, 0.2) is 0 Å². The maximum atomic E-state index is 12.8. The van der Waals surface area contributed by atoms with Gasteiger partial charge in [0.25, 0.3) is 0 Å². The van der Waals surface area contributed by atoms with Crippen LogP contribution in [-0.2, 0) is 11.2 Å². The molecule has 156 valence electrons. The molecule has 5 heteroatoms. The van der Waals surface area contributed by atoms with Crippen molar-refractivity contribution in [3.8, 4) is 0 Å². The lowest BCUT2D eigenvalue weighted by Crippen LogP contribution is -2.44. The van der Waals surface area contributed by atoms with E-state index in [2.05, 4.69) is 64.4 Å². The number of hydrogen-bond donors (Lipinski definition) is 1. The van der Waals surface area contributed by atoms with Gasteiger partial charge in [-0.1, -0.05) is 60.7 Å². The van der Waals surface area contributed by atoms with Crippen LogP contribution in [0.3, 0.4) is 0 Å². The molecule has 4 rings (SSSR count). The topological polar surface area (TPSA) is 49.6 Å². The van der Waals surface area contributed by atoms with E-state index in [4.69, 9.17) is 5.73 Å². The van der Waals surface area contributed by atoms with Crippen LogP contribution in [0.15, 0.2) is 60.7 Å². The van der Waals surface area contributed by atoms with Crippen LogP contribution in [-0.4, -0.2) is 54.5 Å². The number of nitrogens with zero attached hydrogens (tertiary/aromatic N) is 2. The monoisotopic (exact) mass is 413 g/mol. The Bertz CT molecular complexity index is 762. The smallest absolute Gasteiger partial charge is 0.236 e. The van der Waals surface area contributed by atoms with E-state index in [1.54, 1.807) is 0 Å². The molecule has 2 fully saturated rings. The van der Waals surface area contributed by atoms with Gasteiger partial charge in [0.05, 0.1) is 6.54 Å². The molecule has 2 aliphatic heterocycles. The van der Waals surface area contributed by atoms with Gasteiger partial charge >= 0.3 is 0 Å². The summed E-state index contributed by atoms with van der Waals surface area (Å²) in [6.07, 6.45) is 3.34. The van der Waals surface area contributed by atoms with E-state index >= 15 is 0 Å². The maximum Gasteiger partial charge on any atom is 0.236 e. The van der Waals surface area contributed by atoms with Crippen molar-refractivity contribution in [2.75, 3.05) is 32.7 Å². The van der Waals surface area contributed by atoms with Gasteiger partial charge in [0.2, 0.25) is 5.91 Å². The Hall–Kier alpha value is -1.88. The van der Waals surface area contributed by atoms with Crippen molar-refractivity contribution in [3.05, 3.63) is 71.8 Å². The minimum absolute atomic E-state index is 0. The SMILES string of the molecule is Cl.N[C@@H]1CN(CC(=O)N2CCC(Cc3ccccc3)CC2)C[C@H]1c1ccccc1. The third-order valence-corrected chi connectivity index (χ3v) is 6.36. The highest BCUT2D eigenvalue weighted by Crippen LogP contribution is 2.27. The van der Waals surface area contributed by atoms with Crippen LogP contribution in [0.25, 0.3) is 0 Å². The predicted octanol–water partition coefficient (Wildman–Crippen LogP) is 3.32. The van der Waals surface area contributed by atoms with E-state index in [1.807, 2.05) is 6.07 Å². The van der Waals surface area contributed by atoms with Crippen LogP contribution < -0.4 is 5.73 Å². The molecule has 0 aromatic heterocycles. The maximum absolute atomic E-state index is 12.8. The molecule has 1 amide bonds. The number of benzene rings is 2. The first kappa shape index (κ1) is 21.8. The Morgan fingerprint density at radius 2 is 1.55 bits per heavy atom. The van der Waals surface area contributed by atoms with Crippen LogP contribution in [0, 0.1) is 5.92 Å². The molecule has 2 saturated heterocycles. The molecule has 0 aliphatic carbocycles. The van der Waals surface area contributed by atoms with Crippen LogP contribution in [0.1, 0.15) is 29.9 Å². The lowest BCUT2D eigenvalue weighted by Gasteiger charge is -2.33. The van der Waals surface area contributed by atoms with Gasteiger partial charge in [-0.15, -0.1) is 12.4 Å². The second-order valence-electron chi connectivity index (χ2n) is 8.39. The summed E-state index contributed by atoms with van der Waals surface area (Å²) in [5.74, 6) is 1.28. The molecular formula is C24H32ClN3O. The number of rotatable bonds is 5. The molecule has 4 nitrogen and oxygen atoms in total. The van der Waals surface area contributed by atoms with Crippen LogP contribution in [0.2, 0.25) is 0 Å². The third-order valence-electron chi connectivity index (χ3n) is 6.36. The number of carbonyl (C=O) groups excluding carboxylic acids is 1. The minimum Gasteiger partial charge on any atom is -0.342 e. The van der Waals surface area contributed by atoms with E-state index < -0.39 is 0 Å². The zero-order valence-electron chi connectivity index (χ0n) is 17.0. The normalized spacial score (nSPS) is 23.0. The standard InChI is InChI=1S/C24H31N3O.ClH/c25-23-17-26(16-22(23)21-9-5-2-6-10-21)18-24(28)27-13-11-20(12-14-27)15-19-7-3-1-4-8-19;/h1-10,20,22-23H,11-18,25H2;1H/t22-,23+;/m0./s1. The Kier molecular flexibility index (Phi) is 7.70. The zero-order chi connectivity index (χ0) is 19.3. The summed E-state index contributed by atoms with van der Waals surface area (Å²) >= 11 is 0. The number of hydrogen-bond acceptors (Lipinski definition) is 3. The first-order chi connectivity index (χ1) is 13.7. The van der Waals surface area contributed by atoms with Gasteiger partial charge in [-0.25, -0.2) is 0 Å². The molecule has 0 saturated carbocycles. The van der Waals surface area contributed by atoms with E-state index in [0.29, 0.717) is 18.4 Å². The third kappa shape index (κ3) is 5.59. The van der Waals surface area contributed by atoms with Crippen LogP contribution in [0.4, 0.5) is 0 Å². The molecule has 2 heterocycles. The molecule has 2 atom stereocenters. The van der Waals surface area contributed by atoms with E-state index in [0.717, 1.165) is 45.4 Å². The van der Waals surface area contributed by atoms with Crippen molar-refractivity contribution < 1.29 is 4.79 Å². The van der Waals surface area contributed by atoms with Crippen molar-refractivity contribution >= 4 is 18.3 Å². The molecule has 2 N–H and O–H groups in total. The highest BCUT2D eigenvalue weighted by Gasteiger charge is 2.33. The minimum atomic E-state index is 0. The molecule has 0 bridgehead atoms. The molecule has 0 unspecified atom stereocenters. The fourth-order valence-corrected chi connectivity index (χ4v) is 4.72. The Morgan fingerprint density at radius 3 is 2.21 bits per heavy atom. The largest absolute Gasteiger partial charge is 0.342 e. The van der Waals surface area contributed by atoms with Crippen LogP contribution in [0.5, 0.6) is 0 Å². The molecular weight excluding hydrogens is 382 g/mol. The molecule has 2 aromatic carbocycles. The zero-order valence-corrected chi connectivity index (χ0v) is 17.8. The van der Waals surface area contributed by atoms with Crippen molar-refractivity contribution in [3.63, 3.8) is 0 Å². The number of nitrogens with two attached hydrogens (primary N) is 1. The van der Waals surface area contributed by atoms with E-state index in [9.17, 15) is 4.79 Å². The van der Waals surface area contributed by atoms with Crippen molar-refractivity contribution in [2.45, 2.75) is 31.2 Å². The average molecular weight is 414 g/mol. The Balaban J connectivity index is 0.00000240. The average Bonchev–Trinajstić information content (AvgIpc) is 3.10. The van der Waals surface area contributed by atoms with Gasteiger partial charge < -0.3 is 10.6 Å². The first-order valence-electron chi connectivity index (χ1n) is 10.5. The summed E-state index contributed by atoms with van der Waals surface area (Å²) in [5, 5.41) is 0. The number of piperidine rings is 1. The van der Waals surface area contributed by atoms with Crippen LogP contribution >= 0.6 is 12.4 Å². The second-order valence-corrected chi connectivity index (χ2v) is 8.39. The quantitative estimate of drug-likeness (QED) is 0.818. The molecule has 2 aromatic rings. The highest BCUT2D eigenvalue weighted by atomic mass is 35.5. The predicted molar refractivity (Wildman–Crippen MR) is 120 cm³/mol. The summed E-state index contributed by atoms with van der Waals surface area (Å²) < 4.78 is 0. The number of amides is 1. The molecule has 0 radical (unpaired) electrons. The number of carbonyl (C=O) groups is 1. The van der Waals surface area contributed by atoms with Gasteiger partial charge in [-0.05, 0) is 36.3 Å². The lowest BCUT2D eigenvalue weighted by molar-refractivity contribution is -0.133. The second kappa shape index (κ2) is 10.2. The van der Waals surface area contributed by atoms with E-state index in [-0.39, 0.29) is 24.4 Å². The molecule has 2 aliphatic rings. The first-order valence-corrected chi connectivity index (χ1v) is 10.5. The fourth-order valence-electron chi connectivity index (χ4n) is 4.72. The Labute approximate surface area is 180 Å². The van der Waals surface area contributed by atoms with Crippen molar-refractivity contribution in [1.29, 1.82) is 0 Å². The van der Waals surface area contributed by atoms with Crippen molar-refractivity contribution in [2.24, 2.45) is 11.7 Å². The summed E-state index contributed by atoms with van der Waals surface area (Å²) in [6, 6.07) is 21.3. The fraction of sp³-hybridized carbons (Fsp3) is 0.458. The molecule has 29 heavy (non-hydrogen) atoms. The van der Waals surface area contributed by atoms with Crippen molar-refractivity contribution in [1.82, 2.24) is 9.80 Å². The Morgan fingerprint density at radius 1 is 0.931 bits per heavy atom.